The molecule has 0 saturated carbocycles. The topological polar surface area (TPSA) is 58.2 Å². The predicted molar refractivity (Wildman–Crippen MR) is 91.2 cm³/mol. The molecule has 7 heteroatoms. The van der Waals surface area contributed by atoms with Crippen LogP contribution in [0.25, 0.3) is 0 Å². The molecule has 0 saturated heterocycles. The summed E-state index contributed by atoms with van der Waals surface area (Å²) in [5.41, 5.74) is 1.93. The number of nitrogens with zero attached hydrogens (tertiary/aromatic N) is 3. The Balaban J connectivity index is 1.70. The molecule has 5 nitrogen and oxygen atoms in total. The summed E-state index contributed by atoms with van der Waals surface area (Å²) in [4.78, 5) is 15.5. The zero-order valence-electron chi connectivity index (χ0n) is 12.0. The Labute approximate surface area is 142 Å². The van der Waals surface area contributed by atoms with Crippen LogP contribution in [0.3, 0.4) is 0 Å². The van der Waals surface area contributed by atoms with Crippen molar-refractivity contribution >= 4 is 40.1 Å². The van der Waals surface area contributed by atoms with Crippen LogP contribution in [-0.4, -0.2) is 27.5 Å². The first-order valence-corrected chi connectivity index (χ1v) is 8.47. The number of carbonyl (C=O) groups excluding carboxylic acids is 1. The smallest absolute Gasteiger partial charge is 0.307 e. The van der Waals surface area contributed by atoms with Crippen molar-refractivity contribution in [3.05, 3.63) is 59.0 Å². The first-order valence-electron chi connectivity index (χ1n) is 7.11. The third-order valence-corrected chi connectivity index (χ3v) is 4.76. The lowest BCUT2D eigenvalue weighted by atomic mass is 10.0. The van der Waals surface area contributed by atoms with Crippen molar-refractivity contribution in [2.45, 2.75) is 12.5 Å². The summed E-state index contributed by atoms with van der Waals surface area (Å²) in [6.45, 7) is 0. The molecule has 2 aromatic rings. The SMILES string of the molecule is O=C1N=C(N2N=C(c3ccc(Cl)cc3)CC2c2ccco2)CS1. The minimum atomic E-state index is -0.173. The zero-order valence-corrected chi connectivity index (χ0v) is 13.5. The van der Waals surface area contributed by atoms with E-state index in [2.05, 4.69) is 4.99 Å². The number of amides is 1. The molecule has 2 aliphatic heterocycles. The van der Waals surface area contributed by atoms with Gasteiger partial charge in [-0.15, -0.1) is 0 Å². The monoisotopic (exact) mass is 345 g/mol. The number of amidine groups is 1. The Kier molecular flexibility index (Phi) is 3.71. The molecule has 1 unspecified atom stereocenters. The van der Waals surface area contributed by atoms with Gasteiger partial charge >= 0.3 is 5.24 Å². The van der Waals surface area contributed by atoms with Crippen LogP contribution in [0.5, 0.6) is 0 Å². The van der Waals surface area contributed by atoms with Crippen molar-refractivity contribution in [3.8, 4) is 0 Å². The van der Waals surface area contributed by atoms with E-state index in [4.69, 9.17) is 21.1 Å². The number of halogens is 1. The van der Waals surface area contributed by atoms with Crippen LogP contribution in [0, 0.1) is 0 Å². The van der Waals surface area contributed by atoms with Crippen molar-refractivity contribution in [1.29, 1.82) is 0 Å². The van der Waals surface area contributed by atoms with E-state index >= 15 is 0 Å². The highest BCUT2D eigenvalue weighted by atomic mass is 35.5. The summed E-state index contributed by atoms with van der Waals surface area (Å²) in [5.74, 6) is 2.02. The molecule has 4 rings (SSSR count). The van der Waals surface area contributed by atoms with Gasteiger partial charge in [0.25, 0.3) is 0 Å². The molecular weight excluding hydrogens is 334 g/mol. The van der Waals surface area contributed by atoms with Crippen molar-refractivity contribution in [1.82, 2.24) is 5.01 Å². The first-order chi connectivity index (χ1) is 11.2. The van der Waals surface area contributed by atoms with Crippen molar-refractivity contribution < 1.29 is 9.21 Å². The minimum absolute atomic E-state index is 0.0825. The van der Waals surface area contributed by atoms with Crippen LogP contribution in [0.4, 0.5) is 4.79 Å². The molecular formula is C16H12ClN3O2S. The zero-order chi connectivity index (χ0) is 15.8. The largest absolute Gasteiger partial charge is 0.467 e. The van der Waals surface area contributed by atoms with E-state index in [1.54, 1.807) is 11.3 Å². The van der Waals surface area contributed by atoms with Crippen LogP contribution in [0.2, 0.25) is 5.02 Å². The summed E-state index contributed by atoms with van der Waals surface area (Å²) in [6, 6.07) is 11.3. The van der Waals surface area contributed by atoms with Gasteiger partial charge in [-0.2, -0.15) is 10.1 Å². The molecule has 1 aromatic carbocycles. The lowest BCUT2D eigenvalue weighted by Gasteiger charge is -2.20. The van der Waals surface area contributed by atoms with Gasteiger partial charge in [0.05, 0.1) is 17.7 Å². The third kappa shape index (κ3) is 2.80. The number of aliphatic imine (C=N–C) groups is 1. The average Bonchev–Trinajstić information content (AvgIpc) is 3.27. The fourth-order valence-corrected chi connectivity index (χ4v) is 3.43. The van der Waals surface area contributed by atoms with E-state index in [9.17, 15) is 4.79 Å². The van der Waals surface area contributed by atoms with Gasteiger partial charge in [-0.1, -0.05) is 35.5 Å². The molecule has 0 radical (unpaired) electrons. The van der Waals surface area contributed by atoms with E-state index in [1.807, 2.05) is 36.4 Å². The summed E-state index contributed by atoms with van der Waals surface area (Å²) in [7, 11) is 0. The van der Waals surface area contributed by atoms with E-state index in [0.29, 0.717) is 23.0 Å². The van der Waals surface area contributed by atoms with Crippen molar-refractivity contribution in [3.63, 3.8) is 0 Å². The second-order valence-electron chi connectivity index (χ2n) is 5.22. The van der Waals surface area contributed by atoms with Gasteiger partial charge < -0.3 is 4.42 Å². The second kappa shape index (κ2) is 5.86. The number of hydrogen-bond donors (Lipinski definition) is 0. The quantitative estimate of drug-likeness (QED) is 0.812. The minimum Gasteiger partial charge on any atom is -0.467 e. The summed E-state index contributed by atoms with van der Waals surface area (Å²) in [6.07, 6.45) is 2.33. The van der Waals surface area contributed by atoms with E-state index in [0.717, 1.165) is 17.0 Å². The van der Waals surface area contributed by atoms with E-state index in [1.165, 1.54) is 11.8 Å². The van der Waals surface area contributed by atoms with Gasteiger partial charge in [-0.3, -0.25) is 4.79 Å². The second-order valence-corrected chi connectivity index (χ2v) is 6.58. The lowest BCUT2D eigenvalue weighted by molar-refractivity contribution is 0.267. The van der Waals surface area contributed by atoms with Crippen LogP contribution >= 0.6 is 23.4 Å². The molecule has 0 N–H and O–H groups in total. The third-order valence-electron chi connectivity index (χ3n) is 3.77. The highest BCUT2D eigenvalue weighted by Gasteiger charge is 2.35. The maximum atomic E-state index is 11.5. The summed E-state index contributed by atoms with van der Waals surface area (Å²) < 4.78 is 5.55. The van der Waals surface area contributed by atoms with Crippen LogP contribution in [-0.2, 0) is 0 Å². The lowest BCUT2D eigenvalue weighted by Crippen LogP contribution is -2.27. The van der Waals surface area contributed by atoms with Gasteiger partial charge in [0.15, 0.2) is 0 Å². The highest BCUT2D eigenvalue weighted by molar-refractivity contribution is 8.14. The number of benzene rings is 1. The Bertz CT molecular complexity index is 799. The molecule has 2 aliphatic rings. The fourth-order valence-electron chi connectivity index (χ4n) is 2.68. The Hall–Kier alpha value is -2.05. The van der Waals surface area contributed by atoms with Gasteiger partial charge in [-0.25, -0.2) is 5.01 Å². The predicted octanol–water partition coefficient (Wildman–Crippen LogP) is 4.35. The normalized spacial score (nSPS) is 20.8. The van der Waals surface area contributed by atoms with Crippen LogP contribution in [0.15, 0.2) is 57.2 Å². The molecule has 0 bridgehead atoms. The number of carbonyl (C=O) groups is 1. The van der Waals surface area contributed by atoms with Gasteiger partial charge in [0.1, 0.15) is 17.6 Å². The molecule has 1 amide bonds. The standard InChI is InChI=1S/C16H12ClN3O2S/c17-11-5-3-10(4-6-11)12-8-13(14-2-1-7-22-14)20(19-12)15-9-23-16(21)18-15/h1-7,13H,8-9H2. The molecule has 23 heavy (non-hydrogen) atoms. The summed E-state index contributed by atoms with van der Waals surface area (Å²) >= 11 is 7.14. The van der Waals surface area contributed by atoms with Crippen LogP contribution < -0.4 is 0 Å². The maximum absolute atomic E-state index is 11.5. The van der Waals surface area contributed by atoms with Gasteiger partial charge in [0, 0.05) is 11.4 Å². The molecule has 0 fully saturated rings. The Morgan fingerprint density at radius 1 is 1.26 bits per heavy atom. The fraction of sp³-hybridized carbons (Fsp3) is 0.188. The van der Waals surface area contributed by atoms with Crippen molar-refractivity contribution in [2.24, 2.45) is 10.1 Å². The highest BCUT2D eigenvalue weighted by Crippen LogP contribution is 2.35. The number of rotatable bonds is 2. The van der Waals surface area contributed by atoms with E-state index < -0.39 is 0 Å². The molecule has 0 spiro atoms. The molecule has 1 atom stereocenters. The van der Waals surface area contributed by atoms with Gasteiger partial charge in [-0.05, 0) is 29.8 Å². The number of furan rings is 1. The number of thioether (sulfide) groups is 1. The summed E-state index contributed by atoms with van der Waals surface area (Å²) in [5, 5.41) is 7.01. The van der Waals surface area contributed by atoms with Crippen LogP contribution in [0.1, 0.15) is 23.8 Å². The maximum Gasteiger partial charge on any atom is 0.307 e. The van der Waals surface area contributed by atoms with Gasteiger partial charge in [0.2, 0.25) is 0 Å². The molecule has 116 valence electrons. The van der Waals surface area contributed by atoms with Crippen molar-refractivity contribution in [2.75, 3.05) is 5.75 Å². The number of hydrazone groups is 1. The average molecular weight is 346 g/mol. The Morgan fingerprint density at radius 3 is 2.74 bits per heavy atom. The molecule has 1 aromatic heterocycles. The first kappa shape index (κ1) is 14.5. The Morgan fingerprint density at radius 2 is 2.09 bits per heavy atom. The van der Waals surface area contributed by atoms with E-state index in [-0.39, 0.29) is 11.3 Å². The molecule has 3 heterocycles. The number of hydrogen-bond acceptors (Lipinski definition) is 5. The molecule has 0 aliphatic carbocycles.